The van der Waals surface area contributed by atoms with Crippen molar-refractivity contribution in [2.45, 2.75) is 37.0 Å². The predicted molar refractivity (Wildman–Crippen MR) is 103 cm³/mol. The van der Waals surface area contributed by atoms with Gasteiger partial charge in [0.05, 0.1) is 16.8 Å². The van der Waals surface area contributed by atoms with Gasteiger partial charge in [-0.2, -0.15) is 0 Å². The predicted octanol–water partition coefficient (Wildman–Crippen LogP) is 3.21. The maximum Gasteiger partial charge on any atom is 0.261 e. The Labute approximate surface area is 155 Å². The Hall–Kier alpha value is -2.12. The molecule has 0 amide bonds. The molecule has 26 heavy (non-hydrogen) atoms. The second-order valence-corrected chi connectivity index (χ2v) is 8.13. The molecule has 0 saturated carbocycles. The molecule has 6 nitrogen and oxygen atoms in total. The molecule has 2 aromatic rings. The summed E-state index contributed by atoms with van der Waals surface area (Å²) in [6, 6.07) is 8.90. The van der Waals surface area contributed by atoms with E-state index in [2.05, 4.69) is 15.0 Å². The van der Waals surface area contributed by atoms with E-state index >= 15 is 0 Å². The molecule has 0 atom stereocenters. The maximum absolute atomic E-state index is 12.6. The maximum atomic E-state index is 12.6. The zero-order valence-electron chi connectivity index (χ0n) is 15.0. The monoisotopic (exact) mass is 375 g/mol. The summed E-state index contributed by atoms with van der Waals surface area (Å²) in [7, 11) is -1.94. The molecule has 1 heterocycles. The number of ether oxygens (including phenoxy) is 1. The minimum atomic E-state index is -3.61. The third-order valence-electron chi connectivity index (χ3n) is 4.48. The molecule has 0 bridgehead atoms. The Morgan fingerprint density at radius 3 is 2.65 bits per heavy atom. The number of aromatic nitrogens is 1. The fourth-order valence-electron chi connectivity index (χ4n) is 3.08. The van der Waals surface area contributed by atoms with E-state index in [1.54, 1.807) is 31.4 Å². The van der Waals surface area contributed by atoms with Crippen molar-refractivity contribution in [2.75, 3.05) is 30.3 Å². The molecule has 0 fully saturated rings. The Balaban J connectivity index is 1.65. The number of hydrogen-bond acceptors (Lipinski definition) is 5. The first-order valence-electron chi connectivity index (χ1n) is 8.92. The van der Waals surface area contributed by atoms with Gasteiger partial charge in [0.1, 0.15) is 5.82 Å². The van der Waals surface area contributed by atoms with Crippen LogP contribution in [0, 0.1) is 0 Å². The second kappa shape index (κ2) is 8.51. The number of methoxy groups -OCH3 is 1. The van der Waals surface area contributed by atoms with E-state index in [1.165, 1.54) is 18.2 Å². The molecule has 3 rings (SSSR count). The van der Waals surface area contributed by atoms with Gasteiger partial charge >= 0.3 is 0 Å². The largest absolute Gasteiger partial charge is 0.385 e. The molecule has 0 radical (unpaired) electrons. The average Bonchev–Trinajstić information content (AvgIpc) is 2.66. The van der Waals surface area contributed by atoms with Gasteiger partial charge in [0.15, 0.2) is 0 Å². The number of benzene rings is 1. The Morgan fingerprint density at radius 1 is 1.12 bits per heavy atom. The van der Waals surface area contributed by atoms with Crippen LogP contribution in [0.15, 0.2) is 41.4 Å². The van der Waals surface area contributed by atoms with Crippen LogP contribution in [0.2, 0.25) is 0 Å². The van der Waals surface area contributed by atoms with E-state index in [-0.39, 0.29) is 0 Å². The summed E-state index contributed by atoms with van der Waals surface area (Å²) in [6.07, 6.45) is 6.68. The smallest absolute Gasteiger partial charge is 0.261 e. The SMILES string of the molecule is COCCCNc1ccc(NS(=O)(=O)c2ccc3c(c2)CCCC3)cn1. The highest BCUT2D eigenvalue weighted by Gasteiger charge is 2.18. The first-order chi connectivity index (χ1) is 12.6. The Kier molecular flexibility index (Phi) is 6.11. The van der Waals surface area contributed by atoms with Crippen LogP contribution in [-0.2, 0) is 27.6 Å². The molecule has 0 unspecified atom stereocenters. The number of aryl methyl sites for hydroxylation is 2. The van der Waals surface area contributed by atoms with Crippen molar-refractivity contribution < 1.29 is 13.2 Å². The molecule has 2 N–H and O–H groups in total. The number of nitrogens with zero attached hydrogens (tertiary/aromatic N) is 1. The van der Waals surface area contributed by atoms with Crippen LogP contribution in [0.5, 0.6) is 0 Å². The summed E-state index contributed by atoms with van der Waals surface area (Å²) in [5, 5.41) is 3.17. The lowest BCUT2D eigenvalue weighted by Gasteiger charge is -2.17. The number of rotatable bonds is 8. The molecule has 1 aliphatic rings. The lowest BCUT2D eigenvalue weighted by Crippen LogP contribution is -2.14. The van der Waals surface area contributed by atoms with Gasteiger partial charge in [0, 0.05) is 20.3 Å². The average molecular weight is 375 g/mol. The highest BCUT2D eigenvalue weighted by atomic mass is 32.2. The number of sulfonamides is 1. The van der Waals surface area contributed by atoms with Crippen molar-refractivity contribution in [3.63, 3.8) is 0 Å². The van der Waals surface area contributed by atoms with Crippen LogP contribution in [0.1, 0.15) is 30.4 Å². The quantitative estimate of drug-likeness (QED) is 0.693. The van der Waals surface area contributed by atoms with E-state index < -0.39 is 10.0 Å². The summed E-state index contributed by atoms with van der Waals surface area (Å²) >= 11 is 0. The summed E-state index contributed by atoms with van der Waals surface area (Å²) in [5.41, 5.74) is 2.86. The molecule has 1 aliphatic carbocycles. The molecule has 7 heteroatoms. The zero-order chi connectivity index (χ0) is 18.4. The van der Waals surface area contributed by atoms with Crippen molar-refractivity contribution in [2.24, 2.45) is 0 Å². The van der Waals surface area contributed by atoms with Crippen LogP contribution in [0.25, 0.3) is 0 Å². The van der Waals surface area contributed by atoms with Gasteiger partial charge < -0.3 is 10.1 Å². The molecule has 1 aromatic carbocycles. The van der Waals surface area contributed by atoms with Gasteiger partial charge in [-0.05, 0) is 67.5 Å². The van der Waals surface area contributed by atoms with Crippen LogP contribution in [0.4, 0.5) is 11.5 Å². The van der Waals surface area contributed by atoms with Gasteiger partial charge in [-0.15, -0.1) is 0 Å². The number of hydrogen-bond donors (Lipinski definition) is 2. The van der Waals surface area contributed by atoms with Gasteiger partial charge in [0.25, 0.3) is 10.0 Å². The fraction of sp³-hybridized carbons (Fsp3) is 0.421. The molecule has 0 spiro atoms. The van der Waals surface area contributed by atoms with Crippen molar-refractivity contribution in [3.8, 4) is 0 Å². The summed E-state index contributed by atoms with van der Waals surface area (Å²) in [5.74, 6) is 0.706. The lowest BCUT2D eigenvalue weighted by atomic mass is 9.92. The molecule has 0 saturated heterocycles. The molecule has 140 valence electrons. The number of anilines is 2. The third kappa shape index (κ3) is 4.74. The number of nitrogens with one attached hydrogen (secondary N) is 2. The standard InChI is InChI=1S/C19H25N3O3S/c1-25-12-4-11-20-19-10-8-17(14-21-19)22-26(23,24)18-9-7-15-5-2-3-6-16(15)13-18/h7-10,13-14,22H,2-6,11-12H2,1H3,(H,20,21). The second-order valence-electron chi connectivity index (χ2n) is 6.45. The third-order valence-corrected chi connectivity index (χ3v) is 5.86. The molecular formula is C19H25N3O3S. The molecule has 0 aliphatic heterocycles. The van der Waals surface area contributed by atoms with Crippen LogP contribution < -0.4 is 10.0 Å². The van der Waals surface area contributed by atoms with Gasteiger partial charge in [-0.1, -0.05) is 6.07 Å². The van der Waals surface area contributed by atoms with Crippen molar-refractivity contribution in [1.82, 2.24) is 4.98 Å². The van der Waals surface area contributed by atoms with Crippen molar-refractivity contribution >= 4 is 21.5 Å². The van der Waals surface area contributed by atoms with Crippen LogP contribution in [0.3, 0.4) is 0 Å². The highest BCUT2D eigenvalue weighted by Crippen LogP contribution is 2.25. The molecule has 1 aromatic heterocycles. The van der Waals surface area contributed by atoms with Gasteiger partial charge in [-0.25, -0.2) is 13.4 Å². The topological polar surface area (TPSA) is 80.3 Å². The van der Waals surface area contributed by atoms with E-state index in [1.807, 2.05) is 6.07 Å². The van der Waals surface area contributed by atoms with Gasteiger partial charge in [-0.3, -0.25) is 4.72 Å². The van der Waals surface area contributed by atoms with Crippen LogP contribution in [-0.4, -0.2) is 33.7 Å². The normalized spacial score (nSPS) is 13.9. The van der Waals surface area contributed by atoms with E-state index in [4.69, 9.17) is 4.74 Å². The lowest BCUT2D eigenvalue weighted by molar-refractivity contribution is 0.198. The minimum absolute atomic E-state index is 0.305. The van der Waals surface area contributed by atoms with Crippen LogP contribution >= 0.6 is 0 Å². The van der Waals surface area contributed by atoms with Crippen molar-refractivity contribution in [3.05, 3.63) is 47.7 Å². The summed E-state index contributed by atoms with van der Waals surface area (Å²) < 4.78 is 32.9. The number of fused-ring (bicyclic) bond motifs is 1. The van der Waals surface area contributed by atoms with E-state index in [9.17, 15) is 8.42 Å². The van der Waals surface area contributed by atoms with Crippen molar-refractivity contribution in [1.29, 1.82) is 0 Å². The zero-order valence-corrected chi connectivity index (χ0v) is 15.8. The molecular weight excluding hydrogens is 350 g/mol. The van der Waals surface area contributed by atoms with E-state index in [0.29, 0.717) is 23.0 Å². The number of pyridine rings is 1. The highest BCUT2D eigenvalue weighted by molar-refractivity contribution is 7.92. The summed E-state index contributed by atoms with van der Waals surface area (Å²) in [6.45, 7) is 1.44. The minimum Gasteiger partial charge on any atom is -0.385 e. The van der Waals surface area contributed by atoms with E-state index in [0.717, 1.165) is 37.8 Å². The Morgan fingerprint density at radius 2 is 1.92 bits per heavy atom. The van der Waals surface area contributed by atoms with Gasteiger partial charge in [0.2, 0.25) is 0 Å². The summed E-state index contributed by atoms with van der Waals surface area (Å²) in [4.78, 5) is 4.55. The first-order valence-corrected chi connectivity index (χ1v) is 10.4. The fourth-order valence-corrected chi connectivity index (χ4v) is 4.18. The Bertz CT molecular complexity index is 836. The first kappa shape index (κ1) is 18.7.